The molecule has 1 aliphatic heterocycles. The quantitative estimate of drug-likeness (QED) is 0.748. The second-order valence-corrected chi connectivity index (χ2v) is 3.78. The lowest BCUT2D eigenvalue weighted by atomic mass is 9.93. The second-order valence-electron chi connectivity index (χ2n) is 3.34. The maximum absolute atomic E-state index is 10.1. The summed E-state index contributed by atoms with van der Waals surface area (Å²) in [5.74, 6) is 0. The Morgan fingerprint density at radius 3 is 2.54 bits per heavy atom. The number of hydrogen-bond donors (Lipinski definition) is 1. The van der Waals surface area contributed by atoms with Crippen molar-refractivity contribution in [2.75, 3.05) is 13.2 Å². The fraction of sp³-hybridized carbons (Fsp3) is 0.400. The molecule has 1 heterocycles. The second kappa shape index (κ2) is 3.29. The first-order valence-corrected chi connectivity index (χ1v) is 4.65. The van der Waals surface area contributed by atoms with E-state index >= 15 is 0 Å². The van der Waals surface area contributed by atoms with Gasteiger partial charge in [-0.1, -0.05) is 23.7 Å². The van der Waals surface area contributed by atoms with Gasteiger partial charge in [0, 0.05) is 18.1 Å². The molecule has 1 aliphatic rings. The number of hydrogen-bond acceptors (Lipinski definition) is 2. The number of aliphatic hydroxyl groups is 1. The van der Waals surface area contributed by atoms with Gasteiger partial charge in [-0.2, -0.15) is 0 Å². The molecule has 1 N–H and O–H groups in total. The Balaban J connectivity index is 2.29. The predicted molar refractivity (Wildman–Crippen MR) is 50.8 cm³/mol. The van der Waals surface area contributed by atoms with Crippen molar-refractivity contribution in [3.8, 4) is 0 Å². The topological polar surface area (TPSA) is 29.5 Å². The van der Waals surface area contributed by atoms with E-state index in [0.717, 1.165) is 5.56 Å². The molecule has 2 rings (SSSR count). The van der Waals surface area contributed by atoms with Crippen LogP contribution >= 0.6 is 11.6 Å². The summed E-state index contributed by atoms with van der Waals surface area (Å²) in [5, 5.41) is 10.8. The molecule has 3 heteroatoms. The van der Waals surface area contributed by atoms with Crippen molar-refractivity contribution >= 4 is 11.6 Å². The standard InChI is InChI=1S/C10H11ClO2/c11-9-3-1-8(2-4-9)10(12)5-6-13-7-10/h1-4,12H,5-7H2. The van der Waals surface area contributed by atoms with Gasteiger partial charge in [0.05, 0.1) is 6.61 Å². The van der Waals surface area contributed by atoms with Crippen LogP contribution in [0.5, 0.6) is 0 Å². The summed E-state index contributed by atoms with van der Waals surface area (Å²) < 4.78 is 5.16. The smallest absolute Gasteiger partial charge is 0.115 e. The zero-order chi connectivity index (χ0) is 9.31. The molecule has 2 nitrogen and oxygen atoms in total. The zero-order valence-corrected chi connectivity index (χ0v) is 7.92. The highest BCUT2D eigenvalue weighted by atomic mass is 35.5. The van der Waals surface area contributed by atoms with Crippen molar-refractivity contribution in [2.45, 2.75) is 12.0 Å². The van der Waals surface area contributed by atoms with Crippen molar-refractivity contribution in [1.29, 1.82) is 0 Å². The third-order valence-electron chi connectivity index (χ3n) is 2.38. The molecular weight excluding hydrogens is 188 g/mol. The summed E-state index contributed by atoms with van der Waals surface area (Å²) in [6.45, 7) is 1.01. The van der Waals surface area contributed by atoms with Crippen LogP contribution in [0.2, 0.25) is 5.02 Å². The summed E-state index contributed by atoms with van der Waals surface area (Å²) in [6.07, 6.45) is 0.661. The SMILES string of the molecule is OC1(c2ccc(Cl)cc2)CCOC1. The fourth-order valence-corrected chi connectivity index (χ4v) is 1.67. The third-order valence-corrected chi connectivity index (χ3v) is 2.63. The molecule has 70 valence electrons. The van der Waals surface area contributed by atoms with E-state index in [9.17, 15) is 5.11 Å². The van der Waals surface area contributed by atoms with Crippen LogP contribution in [0, 0.1) is 0 Å². The van der Waals surface area contributed by atoms with Crippen molar-refractivity contribution in [3.63, 3.8) is 0 Å². The molecule has 0 aromatic heterocycles. The minimum absolute atomic E-state index is 0.384. The van der Waals surface area contributed by atoms with Crippen LogP contribution < -0.4 is 0 Å². The van der Waals surface area contributed by atoms with Gasteiger partial charge in [0.1, 0.15) is 5.60 Å². The summed E-state index contributed by atoms with van der Waals surface area (Å²) >= 11 is 5.75. The lowest BCUT2D eigenvalue weighted by molar-refractivity contribution is 0.0232. The summed E-state index contributed by atoms with van der Waals surface area (Å²) in [4.78, 5) is 0. The largest absolute Gasteiger partial charge is 0.383 e. The Labute approximate surface area is 82.1 Å². The number of halogens is 1. The van der Waals surface area contributed by atoms with Crippen LogP contribution in [0.3, 0.4) is 0 Å². The number of ether oxygens (including phenoxy) is 1. The van der Waals surface area contributed by atoms with Crippen LogP contribution in [0.15, 0.2) is 24.3 Å². The van der Waals surface area contributed by atoms with E-state index in [4.69, 9.17) is 16.3 Å². The van der Waals surface area contributed by atoms with Gasteiger partial charge in [-0.15, -0.1) is 0 Å². The van der Waals surface area contributed by atoms with E-state index in [1.165, 1.54) is 0 Å². The van der Waals surface area contributed by atoms with Gasteiger partial charge in [0.2, 0.25) is 0 Å². The maximum Gasteiger partial charge on any atom is 0.115 e. The van der Waals surface area contributed by atoms with Crippen molar-refractivity contribution in [1.82, 2.24) is 0 Å². The summed E-state index contributed by atoms with van der Waals surface area (Å²) in [6, 6.07) is 7.26. The molecule has 1 aromatic rings. The summed E-state index contributed by atoms with van der Waals surface area (Å²) in [5.41, 5.74) is 0.0827. The molecule has 13 heavy (non-hydrogen) atoms. The van der Waals surface area contributed by atoms with E-state index in [0.29, 0.717) is 24.7 Å². The zero-order valence-electron chi connectivity index (χ0n) is 7.16. The van der Waals surface area contributed by atoms with E-state index in [2.05, 4.69) is 0 Å². The molecule has 1 fully saturated rings. The summed E-state index contributed by atoms with van der Waals surface area (Å²) in [7, 11) is 0. The van der Waals surface area contributed by atoms with Crippen molar-refractivity contribution in [2.24, 2.45) is 0 Å². The normalized spacial score (nSPS) is 27.8. The fourth-order valence-electron chi connectivity index (χ4n) is 1.54. The maximum atomic E-state index is 10.1. The van der Waals surface area contributed by atoms with Gasteiger partial charge >= 0.3 is 0 Å². The molecule has 1 saturated heterocycles. The molecule has 1 atom stereocenters. The average Bonchev–Trinajstić information content (AvgIpc) is 2.54. The average molecular weight is 199 g/mol. The molecule has 1 unspecified atom stereocenters. The molecule has 0 aliphatic carbocycles. The first kappa shape index (κ1) is 9.00. The molecule has 1 aromatic carbocycles. The predicted octanol–water partition coefficient (Wildman–Crippen LogP) is 1.95. The Morgan fingerprint density at radius 2 is 2.00 bits per heavy atom. The highest BCUT2D eigenvalue weighted by molar-refractivity contribution is 6.30. The van der Waals surface area contributed by atoms with E-state index < -0.39 is 5.60 Å². The molecule has 0 bridgehead atoms. The van der Waals surface area contributed by atoms with E-state index in [1.54, 1.807) is 12.1 Å². The lowest BCUT2D eigenvalue weighted by Gasteiger charge is -2.20. The van der Waals surface area contributed by atoms with Gasteiger partial charge in [0.15, 0.2) is 0 Å². The van der Waals surface area contributed by atoms with Crippen LogP contribution in [-0.2, 0) is 10.3 Å². The molecule has 0 radical (unpaired) electrons. The highest BCUT2D eigenvalue weighted by Gasteiger charge is 2.33. The van der Waals surface area contributed by atoms with Gasteiger partial charge in [-0.3, -0.25) is 0 Å². The lowest BCUT2D eigenvalue weighted by Crippen LogP contribution is -2.25. The van der Waals surface area contributed by atoms with Crippen molar-refractivity contribution in [3.05, 3.63) is 34.9 Å². The van der Waals surface area contributed by atoms with Gasteiger partial charge in [-0.05, 0) is 17.7 Å². The Bertz CT molecular complexity index is 288. The van der Waals surface area contributed by atoms with Crippen molar-refractivity contribution < 1.29 is 9.84 Å². The minimum atomic E-state index is -0.801. The van der Waals surface area contributed by atoms with Gasteiger partial charge < -0.3 is 9.84 Å². The third kappa shape index (κ3) is 1.70. The van der Waals surface area contributed by atoms with Gasteiger partial charge in [-0.25, -0.2) is 0 Å². The van der Waals surface area contributed by atoms with E-state index in [-0.39, 0.29) is 0 Å². The van der Waals surface area contributed by atoms with Crippen LogP contribution in [0.1, 0.15) is 12.0 Å². The first-order chi connectivity index (χ1) is 6.21. The number of rotatable bonds is 1. The first-order valence-electron chi connectivity index (χ1n) is 4.27. The minimum Gasteiger partial charge on any atom is -0.383 e. The molecule has 0 amide bonds. The van der Waals surface area contributed by atoms with Gasteiger partial charge in [0.25, 0.3) is 0 Å². The van der Waals surface area contributed by atoms with Crippen LogP contribution in [-0.4, -0.2) is 18.3 Å². The van der Waals surface area contributed by atoms with E-state index in [1.807, 2.05) is 12.1 Å². The molecule has 0 saturated carbocycles. The molecular formula is C10H11ClO2. The number of benzene rings is 1. The van der Waals surface area contributed by atoms with Crippen LogP contribution in [0.4, 0.5) is 0 Å². The molecule has 0 spiro atoms. The highest BCUT2D eigenvalue weighted by Crippen LogP contribution is 2.30. The monoisotopic (exact) mass is 198 g/mol. The Kier molecular flexibility index (Phi) is 2.28. The van der Waals surface area contributed by atoms with Crippen LogP contribution in [0.25, 0.3) is 0 Å². The Morgan fingerprint density at radius 1 is 1.31 bits per heavy atom. The Hall–Kier alpha value is -0.570.